The normalized spacial score (nSPS) is 13.6. The molecule has 0 heterocycles. The third-order valence-corrected chi connectivity index (χ3v) is 8.82. The molecule has 43 heavy (non-hydrogen) atoms. The molecule has 0 fully saturated rings. The maximum absolute atomic E-state index is 13.6. The Hall–Kier alpha value is -3.45. The zero-order chi connectivity index (χ0) is 31.9. The predicted molar refractivity (Wildman–Crippen MR) is 162 cm³/mol. The van der Waals surface area contributed by atoms with Crippen molar-refractivity contribution in [1.29, 1.82) is 0 Å². The first kappa shape index (κ1) is 34.0. The van der Waals surface area contributed by atoms with E-state index in [1.807, 2.05) is 13.8 Å². The molecule has 0 aliphatic heterocycles. The van der Waals surface area contributed by atoms with Gasteiger partial charge in [-0.05, 0) is 78.9 Å². The van der Waals surface area contributed by atoms with E-state index in [2.05, 4.69) is 5.32 Å². The number of nitrogens with two attached hydrogens (primary N) is 1. The number of aromatic hydroxyl groups is 1. The van der Waals surface area contributed by atoms with E-state index in [0.717, 1.165) is 0 Å². The molecule has 0 aliphatic rings. The molecule has 1 amide bonds. The van der Waals surface area contributed by atoms with Crippen LogP contribution in [0.2, 0.25) is 0 Å². The third kappa shape index (κ3) is 10.1. The number of phenols is 1. The van der Waals surface area contributed by atoms with Gasteiger partial charge < -0.3 is 35.8 Å². The lowest BCUT2D eigenvalue weighted by Crippen LogP contribution is -2.51. The van der Waals surface area contributed by atoms with E-state index < -0.39 is 42.0 Å². The van der Waals surface area contributed by atoms with Gasteiger partial charge in [0, 0.05) is 24.3 Å². The number of sulfonamides is 1. The number of nitrogen functional groups attached to an aromatic ring is 1. The summed E-state index contributed by atoms with van der Waals surface area (Å²) in [5, 5.41) is 24.3. The van der Waals surface area contributed by atoms with Crippen molar-refractivity contribution in [3.05, 3.63) is 83.4 Å². The first-order valence-electron chi connectivity index (χ1n) is 13.5. The summed E-state index contributed by atoms with van der Waals surface area (Å²) in [6, 6.07) is 15.4. The highest BCUT2D eigenvalue weighted by atomic mass is 32.2. The Morgan fingerprint density at radius 2 is 1.65 bits per heavy atom. The number of carbonyl (C=O) groups is 1. The second-order valence-electron chi connectivity index (χ2n) is 10.7. The highest BCUT2D eigenvalue weighted by molar-refractivity contribution is 7.89. The monoisotopic (exact) mass is 635 g/mol. The van der Waals surface area contributed by atoms with Crippen LogP contribution in [0.25, 0.3) is 0 Å². The first-order valence-corrected chi connectivity index (χ1v) is 16.7. The number of hydrogen-bond acceptors (Lipinski definition) is 8. The number of phenolic OH excluding ortho intramolecular Hbond substituents is 1. The minimum atomic E-state index is -4.37. The van der Waals surface area contributed by atoms with Crippen molar-refractivity contribution >= 4 is 29.2 Å². The Morgan fingerprint density at radius 3 is 2.21 bits per heavy atom. The first-order chi connectivity index (χ1) is 20.0. The highest BCUT2D eigenvalue weighted by Crippen LogP contribution is 2.34. The topological polar surface area (TPSA) is 200 Å². The summed E-state index contributed by atoms with van der Waals surface area (Å²) in [5.74, 6) is -0.535. The van der Waals surface area contributed by atoms with Crippen molar-refractivity contribution in [3.63, 3.8) is 0 Å². The minimum Gasteiger partial charge on any atom is -0.508 e. The maximum atomic E-state index is 13.6. The van der Waals surface area contributed by atoms with Crippen molar-refractivity contribution < 1.29 is 42.5 Å². The summed E-state index contributed by atoms with van der Waals surface area (Å²) in [4.78, 5) is 31.3. The van der Waals surface area contributed by atoms with Gasteiger partial charge in [-0.2, -0.15) is 4.31 Å². The lowest BCUT2D eigenvalue weighted by Gasteiger charge is -2.31. The Balaban J connectivity index is 1.89. The molecule has 0 aliphatic carbocycles. The summed E-state index contributed by atoms with van der Waals surface area (Å²) in [7, 11) is -8.41. The lowest BCUT2D eigenvalue weighted by molar-refractivity contribution is 0.0775. The number of rotatable bonds is 14. The number of nitrogens with zero attached hydrogens (tertiary/aromatic N) is 1. The molecular weight excluding hydrogens is 597 g/mol. The van der Waals surface area contributed by atoms with Gasteiger partial charge >= 0.3 is 7.60 Å². The molecule has 2 atom stereocenters. The van der Waals surface area contributed by atoms with Crippen molar-refractivity contribution in [2.45, 2.75) is 44.2 Å². The lowest BCUT2D eigenvalue weighted by atomic mass is 10.00. The Kier molecular flexibility index (Phi) is 11.4. The SMILES string of the molecule is Cc1ccc(C(=O)N[C@@H](Cc2ccc(OCP(=O)(O)O)cc2)[C@H](O)CN(CC(C)C)S(=O)(=O)c2ccc(N)cc2)cc1O. The van der Waals surface area contributed by atoms with E-state index in [-0.39, 0.29) is 47.4 Å². The number of aryl methyl sites for hydroxylation is 1. The molecule has 7 N–H and O–H groups in total. The average molecular weight is 636 g/mol. The molecule has 3 rings (SSSR count). The van der Waals surface area contributed by atoms with Gasteiger partial charge in [0.15, 0.2) is 6.35 Å². The second kappa shape index (κ2) is 14.3. The second-order valence-corrected chi connectivity index (χ2v) is 14.2. The van der Waals surface area contributed by atoms with Gasteiger partial charge in [-0.3, -0.25) is 9.36 Å². The number of ether oxygens (including phenoxy) is 1. The molecule has 0 bridgehead atoms. The van der Waals surface area contributed by atoms with Gasteiger partial charge in [-0.25, -0.2) is 8.42 Å². The van der Waals surface area contributed by atoms with Gasteiger partial charge in [0.05, 0.1) is 17.0 Å². The van der Waals surface area contributed by atoms with Crippen LogP contribution in [-0.4, -0.2) is 70.2 Å². The van der Waals surface area contributed by atoms with Crippen LogP contribution < -0.4 is 15.8 Å². The van der Waals surface area contributed by atoms with Gasteiger partial charge in [0.2, 0.25) is 10.0 Å². The molecule has 0 unspecified atom stereocenters. The molecule has 12 nitrogen and oxygen atoms in total. The van der Waals surface area contributed by atoms with Crippen LogP contribution in [0.3, 0.4) is 0 Å². The van der Waals surface area contributed by atoms with Crippen LogP contribution in [0.1, 0.15) is 35.3 Å². The standard InChI is InChI=1S/C29H38N3O9PS/c1-19(2)16-32(43(39,40)25-12-8-23(30)9-13-25)17-28(34)26(31-29(35)22-7-4-20(3)27(33)15-22)14-21-5-10-24(11-6-21)41-18-42(36,37)38/h4-13,15,19,26,28,33-34H,14,16-18,30H2,1-3H3,(H,31,35)(H2,36,37,38)/t26-,28+/m0/s1. The molecule has 0 radical (unpaired) electrons. The highest BCUT2D eigenvalue weighted by Gasteiger charge is 2.31. The minimum absolute atomic E-state index is 0.0103. The fourth-order valence-electron chi connectivity index (χ4n) is 4.22. The van der Waals surface area contributed by atoms with E-state index >= 15 is 0 Å². The molecule has 14 heteroatoms. The molecule has 0 spiro atoms. The van der Waals surface area contributed by atoms with Crippen LogP contribution in [0.5, 0.6) is 11.5 Å². The molecule has 0 saturated heterocycles. The number of amides is 1. The number of hydrogen-bond donors (Lipinski definition) is 6. The Morgan fingerprint density at radius 1 is 1.02 bits per heavy atom. The molecule has 234 valence electrons. The van der Waals surface area contributed by atoms with Gasteiger partial charge in [-0.15, -0.1) is 0 Å². The fraction of sp³-hybridized carbons (Fsp3) is 0.345. The number of anilines is 1. The largest absolute Gasteiger partial charge is 0.508 e. The van der Waals surface area contributed by atoms with E-state index in [9.17, 15) is 28.0 Å². The van der Waals surface area contributed by atoms with Crippen LogP contribution in [0.15, 0.2) is 71.6 Å². The average Bonchev–Trinajstić information content (AvgIpc) is 2.92. The number of carbonyl (C=O) groups excluding carboxylic acids is 1. The van der Waals surface area contributed by atoms with Gasteiger partial charge in [0.1, 0.15) is 11.5 Å². The number of benzene rings is 3. The van der Waals surface area contributed by atoms with E-state index in [1.54, 1.807) is 25.1 Å². The Bertz CT molecular complexity index is 1540. The zero-order valence-corrected chi connectivity index (χ0v) is 25.8. The molecule has 3 aromatic rings. The summed E-state index contributed by atoms with van der Waals surface area (Å²) < 4.78 is 44.5. The van der Waals surface area contributed by atoms with Crippen LogP contribution in [-0.2, 0) is 21.0 Å². The fourth-order valence-corrected chi connectivity index (χ4v) is 6.16. The smallest absolute Gasteiger partial charge is 0.362 e. The van der Waals surface area contributed by atoms with Crippen molar-refractivity contribution in [2.75, 3.05) is 25.2 Å². The third-order valence-electron chi connectivity index (χ3n) is 6.51. The maximum Gasteiger partial charge on any atom is 0.362 e. The summed E-state index contributed by atoms with van der Waals surface area (Å²) in [5.41, 5.74) is 7.48. The van der Waals surface area contributed by atoms with E-state index in [1.165, 1.54) is 52.8 Å². The van der Waals surface area contributed by atoms with Crippen molar-refractivity contribution in [2.24, 2.45) is 5.92 Å². The van der Waals surface area contributed by atoms with E-state index in [4.69, 9.17) is 20.3 Å². The van der Waals surface area contributed by atoms with Gasteiger partial charge in [0.25, 0.3) is 5.91 Å². The molecule has 0 aromatic heterocycles. The van der Waals surface area contributed by atoms with Gasteiger partial charge in [-0.1, -0.05) is 32.0 Å². The molecular formula is C29H38N3O9PS. The number of aliphatic hydroxyl groups excluding tert-OH is 1. The van der Waals surface area contributed by atoms with Crippen molar-refractivity contribution in [1.82, 2.24) is 9.62 Å². The summed E-state index contributed by atoms with van der Waals surface area (Å²) >= 11 is 0. The zero-order valence-electron chi connectivity index (χ0n) is 24.1. The molecule has 0 saturated carbocycles. The number of nitrogens with one attached hydrogen (secondary N) is 1. The quantitative estimate of drug-likeness (QED) is 0.113. The van der Waals surface area contributed by atoms with Crippen LogP contribution in [0.4, 0.5) is 5.69 Å². The molecule has 3 aromatic carbocycles. The van der Waals surface area contributed by atoms with E-state index in [0.29, 0.717) is 16.8 Å². The Labute approximate surface area is 251 Å². The summed E-state index contributed by atoms with van der Waals surface area (Å²) in [6.07, 6.45) is -2.08. The number of aliphatic hydroxyl groups is 1. The summed E-state index contributed by atoms with van der Waals surface area (Å²) in [6.45, 7) is 5.14. The van der Waals surface area contributed by atoms with Crippen LogP contribution >= 0.6 is 7.60 Å². The van der Waals surface area contributed by atoms with Crippen molar-refractivity contribution in [3.8, 4) is 11.5 Å². The van der Waals surface area contributed by atoms with Crippen LogP contribution in [0, 0.1) is 12.8 Å². The predicted octanol–water partition coefficient (Wildman–Crippen LogP) is 2.85.